The second kappa shape index (κ2) is 5.94. The van der Waals surface area contributed by atoms with E-state index < -0.39 is 17.8 Å². The van der Waals surface area contributed by atoms with Crippen LogP contribution in [0.5, 0.6) is 0 Å². The molecule has 1 fully saturated rings. The summed E-state index contributed by atoms with van der Waals surface area (Å²) in [6.07, 6.45) is 2.44. The third kappa shape index (κ3) is 2.73. The minimum absolute atomic E-state index is 0.0134. The van der Waals surface area contributed by atoms with Gasteiger partial charge in [0.25, 0.3) is 0 Å². The number of ketones is 2. The Hall–Kier alpha value is -1.19. The van der Waals surface area contributed by atoms with Crippen molar-refractivity contribution in [3.63, 3.8) is 0 Å². The molecule has 3 unspecified atom stereocenters. The van der Waals surface area contributed by atoms with Gasteiger partial charge in [-0.05, 0) is 19.3 Å². The molecule has 0 spiro atoms. The highest BCUT2D eigenvalue weighted by molar-refractivity contribution is 6.13. The number of methoxy groups -OCH3 is 1. The van der Waals surface area contributed by atoms with Crippen molar-refractivity contribution in [2.24, 2.45) is 17.8 Å². The van der Waals surface area contributed by atoms with Gasteiger partial charge in [0.2, 0.25) is 0 Å². The van der Waals surface area contributed by atoms with Crippen molar-refractivity contribution in [3.05, 3.63) is 0 Å². The van der Waals surface area contributed by atoms with Crippen LogP contribution in [0, 0.1) is 17.8 Å². The quantitative estimate of drug-likeness (QED) is 0.555. The molecule has 0 aromatic heterocycles. The van der Waals surface area contributed by atoms with Crippen molar-refractivity contribution in [1.82, 2.24) is 0 Å². The first-order valence-electron chi connectivity index (χ1n) is 6.22. The van der Waals surface area contributed by atoms with Crippen LogP contribution in [0.4, 0.5) is 0 Å². The molecule has 4 nitrogen and oxygen atoms in total. The van der Waals surface area contributed by atoms with Gasteiger partial charge in [-0.25, -0.2) is 0 Å². The molecule has 0 amide bonds. The monoisotopic (exact) mass is 240 g/mol. The summed E-state index contributed by atoms with van der Waals surface area (Å²) in [6.45, 7) is 3.81. The van der Waals surface area contributed by atoms with Crippen LogP contribution in [-0.2, 0) is 19.1 Å². The third-order valence-corrected chi connectivity index (χ3v) is 3.48. The van der Waals surface area contributed by atoms with Crippen LogP contribution in [0.15, 0.2) is 0 Å². The molecule has 1 rings (SSSR count). The summed E-state index contributed by atoms with van der Waals surface area (Å²) in [6, 6.07) is 0. The minimum atomic E-state index is -0.737. The fraction of sp³-hybridized carbons (Fsp3) is 0.769. The summed E-state index contributed by atoms with van der Waals surface area (Å²) in [5.74, 6) is -2.24. The van der Waals surface area contributed by atoms with Crippen LogP contribution in [0.2, 0.25) is 0 Å². The maximum atomic E-state index is 12.0. The largest absolute Gasteiger partial charge is 0.468 e. The average molecular weight is 240 g/mol. The average Bonchev–Trinajstić information content (AvgIpc) is 2.32. The van der Waals surface area contributed by atoms with Crippen LogP contribution < -0.4 is 0 Å². The Morgan fingerprint density at radius 1 is 1.29 bits per heavy atom. The van der Waals surface area contributed by atoms with Gasteiger partial charge in [-0.2, -0.15) is 0 Å². The van der Waals surface area contributed by atoms with Gasteiger partial charge in [-0.3, -0.25) is 14.4 Å². The van der Waals surface area contributed by atoms with Gasteiger partial charge in [0.05, 0.1) is 13.0 Å². The summed E-state index contributed by atoms with van der Waals surface area (Å²) in [4.78, 5) is 35.6. The molecule has 0 aromatic carbocycles. The van der Waals surface area contributed by atoms with Crippen molar-refractivity contribution in [3.8, 4) is 0 Å². The van der Waals surface area contributed by atoms with Gasteiger partial charge in [0.15, 0.2) is 5.78 Å². The second-order valence-corrected chi connectivity index (χ2v) is 4.56. The van der Waals surface area contributed by atoms with Gasteiger partial charge in [-0.1, -0.05) is 20.3 Å². The molecule has 0 aromatic rings. The zero-order valence-corrected chi connectivity index (χ0v) is 10.7. The molecule has 0 radical (unpaired) electrons. The maximum absolute atomic E-state index is 12.0. The number of Topliss-reactive ketones (excluding diaryl/α,β-unsaturated/α-hetero) is 2. The van der Waals surface area contributed by atoms with E-state index in [0.717, 1.165) is 12.8 Å². The van der Waals surface area contributed by atoms with Crippen LogP contribution in [0.3, 0.4) is 0 Å². The van der Waals surface area contributed by atoms with E-state index in [-0.39, 0.29) is 17.5 Å². The highest BCUT2D eigenvalue weighted by Gasteiger charge is 2.44. The highest BCUT2D eigenvalue weighted by Crippen LogP contribution is 2.32. The molecule has 1 saturated carbocycles. The van der Waals surface area contributed by atoms with Crippen LogP contribution >= 0.6 is 0 Å². The number of ether oxygens (including phenoxy) is 1. The van der Waals surface area contributed by atoms with E-state index in [1.54, 1.807) is 0 Å². The van der Waals surface area contributed by atoms with Crippen molar-refractivity contribution < 1.29 is 19.1 Å². The summed E-state index contributed by atoms with van der Waals surface area (Å²) in [5, 5.41) is 0. The predicted octanol–water partition coefficient (Wildman–Crippen LogP) is 1.76. The number of carbonyl (C=O) groups is 3. The molecule has 4 heteroatoms. The first-order chi connectivity index (χ1) is 8.06. The highest BCUT2D eigenvalue weighted by atomic mass is 16.5. The van der Waals surface area contributed by atoms with E-state index in [4.69, 9.17) is 0 Å². The van der Waals surface area contributed by atoms with E-state index in [2.05, 4.69) is 4.74 Å². The van der Waals surface area contributed by atoms with E-state index >= 15 is 0 Å². The molecule has 3 atom stereocenters. The normalized spacial score (nSPS) is 29.2. The molecule has 0 heterocycles. The van der Waals surface area contributed by atoms with E-state index in [1.807, 2.05) is 13.8 Å². The Morgan fingerprint density at radius 2 is 1.94 bits per heavy atom. The van der Waals surface area contributed by atoms with Crippen molar-refractivity contribution >= 4 is 17.5 Å². The first-order valence-corrected chi connectivity index (χ1v) is 6.22. The molecule has 96 valence electrons. The Balaban J connectivity index is 2.91. The van der Waals surface area contributed by atoms with Crippen LogP contribution in [-0.4, -0.2) is 24.6 Å². The standard InChI is InChI=1S/C13H20O4/c1-4-6-8-7-10(13(16)17-3)12(15)9(5-2)11(8)14/h8-10H,4-7H2,1-3H3. The number of hydrogen-bond acceptors (Lipinski definition) is 4. The fourth-order valence-electron chi connectivity index (χ4n) is 2.55. The lowest BCUT2D eigenvalue weighted by atomic mass is 9.71. The van der Waals surface area contributed by atoms with Crippen LogP contribution in [0.25, 0.3) is 0 Å². The van der Waals surface area contributed by atoms with E-state index in [0.29, 0.717) is 12.8 Å². The first kappa shape index (κ1) is 13.9. The predicted molar refractivity (Wildman–Crippen MR) is 62.3 cm³/mol. The number of carbonyl (C=O) groups excluding carboxylic acids is 3. The molecule has 1 aliphatic rings. The third-order valence-electron chi connectivity index (χ3n) is 3.48. The topological polar surface area (TPSA) is 60.4 Å². The molecule has 0 bridgehead atoms. The van der Waals surface area contributed by atoms with E-state index in [1.165, 1.54) is 7.11 Å². The van der Waals surface area contributed by atoms with Gasteiger partial charge >= 0.3 is 5.97 Å². The lowest BCUT2D eigenvalue weighted by molar-refractivity contribution is -0.155. The number of hydrogen-bond donors (Lipinski definition) is 0. The number of rotatable bonds is 4. The molecule has 17 heavy (non-hydrogen) atoms. The minimum Gasteiger partial charge on any atom is -0.468 e. The van der Waals surface area contributed by atoms with Crippen molar-refractivity contribution in [2.45, 2.75) is 39.5 Å². The molecule has 0 N–H and O–H groups in total. The summed E-state index contributed by atoms with van der Waals surface area (Å²) >= 11 is 0. The zero-order chi connectivity index (χ0) is 13.0. The van der Waals surface area contributed by atoms with Gasteiger partial charge in [0.1, 0.15) is 11.7 Å². The van der Waals surface area contributed by atoms with Crippen molar-refractivity contribution in [1.29, 1.82) is 0 Å². The van der Waals surface area contributed by atoms with Crippen molar-refractivity contribution in [2.75, 3.05) is 7.11 Å². The van der Waals surface area contributed by atoms with Gasteiger partial charge in [-0.15, -0.1) is 0 Å². The number of esters is 1. The molecule has 1 aliphatic carbocycles. The van der Waals surface area contributed by atoms with E-state index in [9.17, 15) is 14.4 Å². The Kier molecular flexibility index (Phi) is 4.85. The molecular formula is C13H20O4. The molecule has 0 saturated heterocycles. The lowest BCUT2D eigenvalue weighted by Crippen LogP contribution is -2.44. The Morgan fingerprint density at radius 3 is 2.41 bits per heavy atom. The van der Waals surface area contributed by atoms with Gasteiger partial charge in [0, 0.05) is 5.92 Å². The molecular weight excluding hydrogens is 220 g/mol. The SMILES string of the molecule is CCCC1CC(C(=O)OC)C(=O)C(CC)C1=O. The van der Waals surface area contributed by atoms with Crippen LogP contribution in [0.1, 0.15) is 39.5 Å². The smallest absolute Gasteiger partial charge is 0.316 e. The Bertz CT molecular complexity index is 321. The zero-order valence-electron chi connectivity index (χ0n) is 10.7. The maximum Gasteiger partial charge on any atom is 0.316 e. The lowest BCUT2D eigenvalue weighted by Gasteiger charge is -2.30. The fourth-order valence-corrected chi connectivity index (χ4v) is 2.55. The second-order valence-electron chi connectivity index (χ2n) is 4.56. The van der Waals surface area contributed by atoms with Gasteiger partial charge < -0.3 is 4.74 Å². The summed E-state index contributed by atoms with van der Waals surface area (Å²) in [5.41, 5.74) is 0. The Labute approximate surface area is 102 Å². The molecule has 0 aliphatic heterocycles. The summed E-state index contributed by atoms with van der Waals surface area (Å²) in [7, 11) is 1.28. The summed E-state index contributed by atoms with van der Waals surface area (Å²) < 4.78 is 4.64.